The molecule has 3 saturated carbocycles. The zero-order valence-electron chi connectivity index (χ0n) is 14.4. The Morgan fingerprint density at radius 3 is 2.50 bits per heavy atom. The number of H-pyrrole nitrogens is 1. The van der Waals surface area contributed by atoms with Gasteiger partial charge in [0.1, 0.15) is 5.82 Å². The molecule has 1 N–H and O–H groups in total. The number of rotatable bonds is 4. The highest BCUT2D eigenvalue weighted by atomic mass is 32.1. The fraction of sp³-hybridized carbons (Fsp3) is 0.667. The summed E-state index contributed by atoms with van der Waals surface area (Å²) in [5.41, 5.74) is 0.309. The number of hydrogen-bond donors (Lipinski definition) is 1. The van der Waals surface area contributed by atoms with E-state index in [4.69, 9.17) is 4.98 Å². The lowest BCUT2D eigenvalue weighted by atomic mass is 9.73. The number of nitrogens with zero attached hydrogens (tertiary/aromatic N) is 1. The van der Waals surface area contributed by atoms with Crippen molar-refractivity contribution < 1.29 is 0 Å². The van der Waals surface area contributed by atoms with E-state index in [1.165, 1.54) is 63.6 Å². The van der Waals surface area contributed by atoms with Crippen molar-refractivity contribution in [3.8, 4) is 0 Å². The maximum atomic E-state index is 4.86. The van der Waals surface area contributed by atoms with Gasteiger partial charge in [-0.1, -0.05) is 51.0 Å². The van der Waals surface area contributed by atoms with Gasteiger partial charge in [0, 0.05) is 28.6 Å². The topological polar surface area (TPSA) is 28.7 Å². The number of imidazole rings is 1. The molecule has 3 aliphatic rings. The van der Waals surface area contributed by atoms with Crippen LogP contribution < -0.4 is 0 Å². The third kappa shape index (κ3) is 2.16. The van der Waals surface area contributed by atoms with E-state index in [9.17, 15) is 0 Å². The highest BCUT2D eigenvalue weighted by molar-refractivity contribution is 7.10. The number of hydrogen-bond acceptors (Lipinski definition) is 2. The number of aromatic nitrogens is 2. The van der Waals surface area contributed by atoms with Crippen molar-refractivity contribution in [3.05, 3.63) is 40.6 Å². The van der Waals surface area contributed by atoms with Crippen molar-refractivity contribution in [2.24, 2.45) is 17.8 Å². The molecule has 0 aromatic carbocycles. The molecule has 24 heavy (non-hydrogen) atoms. The Balaban J connectivity index is 1.60. The van der Waals surface area contributed by atoms with Gasteiger partial charge in [0.15, 0.2) is 0 Å². The second-order valence-corrected chi connectivity index (χ2v) is 9.25. The average Bonchev–Trinajstić information content (AvgIpc) is 3.23. The Bertz CT molecular complexity index is 650. The molecule has 0 saturated heterocycles. The summed E-state index contributed by atoms with van der Waals surface area (Å²) in [6.45, 7) is 0. The summed E-state index contributed by atoms with van der Waals surface area (Å²) in [4.78, 5) is 10.1. The van der Waals surface area contributed by atoms with Gasteiger partial charge in [-0.3, -0.25) is 0 Å². The van der Waals surface area contributed by atoms with Crippen LogP contribution in [0.2, 0.25) is 0 Å². The first-order valence-electron chi connectivity index (χ1n) is 9.95. The van der Waals surface area contributed by atoms with E-state index < -0.39 is 0 Å². The van der Waals surface area contributed by atoms with Crippen LogP contribution in [-0.4, -0.2) is 9.97 Å². The van der Waals surface area contributed by atoms with Gasteiger partial charge in [0.05, 0.1) is 0 Å². The van der Waals surface area contributed by atoms with E-state index >= 15 is 0 Å². The van der Waals surface area contributed by atoms with E-state index in [0.717, 1.165) is 23.7 Å². The molecule has 3 fully saturated rings. The Morgan fingerprint density at radius 2 is 1.83 bits per heavy atom. The molecule has 0 aliphatic heterocycles. The first-order chi connectivity index (χ1) is 11.9. The van der Waals surface area contributed by atoms with Crippen LogP contribution >= 0.6 is 11.3 Å². The van der Waals surface area contributed by atoms with Gasteiger partial charge in [-0.2, -0.15) is 0 Å². The summed E-state index contributed by atoms with van der Waals surface area (Å²) in [6, 6.07) is 4.64. The number of nitrogens with one attached hydrogen (secondary N) is 1. The van der Waals surface area contributed by atoms with Gasteiger partial charge in [-0.25, -0.2) is 4.98 Å². The largest absolute Gasteiger partial charge is 0.348 e. The second kappa shape index (κ2) is 6.01. The molecular weight excluding hydrogens is 312 g/mol. The molecule has 5 rings (SSSR count). The quantitative estimate of drug-likeness (QED) is 0.738. The van der Waals surface area contributed by atoms with Crippen molar-refractivity contribution in [3.63, 3.8) is 0 Å². The minimum atomic E-state index is 0.309. The lowest BCUT2D eigenvalue weighted by Crippen LogP contribution is -2.29. The van der Waals surface area contributed by atoms with Crippen LogP contribution in [0.5, 0.6) is 0 Å². The van der Waals surface area contributed by atoms with Gasteiger partial charge in [0.2, 0.25) is 0 Å². The molecular formula is C21H28N2S. The molecule has 0 radical (unpaired) electrons. The Kier molecular flexibility index (Phi) is 3.81. The SMILES string of the molecule is c1csc(C2C(C3CCCC3)C2(c2ncc[nH]2)C2CCCCC2)c1. The van der Waals surface area contributed by atoms with Crippen molar-refractivity contribution in [1.29, 1.82) is 0 Å². The molecule has 2 nitrogen and oxygen atoms in total. The predicted molar refractivity (Wildman–Crippen MR) is 99.3 cm³/mol. The van der Waals surface area contributed by atoms with Crippen LogP contribution in [-0.2, 0) is 5.41 Å². The van der Waals surface area contributed by atoms with E-state index in [2.05, 4.69) is 28.7 Å². The van der Waals surface area contributed by atoms with Gasteiger partial charge < -0.3 is 4.98 Å². The van der Waals surface area contributed by atoms with Crippen LogP contribution in [0, 0.1) is 17.8 Å². The first kappa shape index (κ1) is 15.2. The molecule has 0 bridgehead atoms. The summed E-state index contributed by atoms with van der Waals surface area (Å²) in [6.07, 6.45) is 16.9. The molecule has 3 atom stereocenters. The monoisotopic (exact) mass is 340 g/mol. The first-order valence-corrected chi connectivity index (χ1v) is 10.8. The van der Waals surface area contributed by atoms with Gasteiger partial charge in [0.25, 0.3) is 0 Å². The van der Waals surface area contributed by atoms with E-state index in [0.29, 0.717) is 5.41 Å². The maximum Gasteiger partial charge on any atom is 0.113 e. The molecule has 0 spiro atoms. The van der Waals surface area contributed by atoms with Crippen LogP contribution in [0.4, 0.5) is 0 Å². The minimum absolute atomic E-state index is 0.309. The zero-order chi connectivity index (χ0) is 16.0. The van der Waals surface area contributed by atoms with Gasteiger partial charge in [-0.15, -0.1) is 11.3 Å². The van der Waals surface area contributed by atoms with Crippen LogP contribution in [0.25, 0.3) is 0 Å². The zero-order valence-corrected chi connectivity index (χ0v) is 15.2. The van der Waals surface area contributed by atoms with Crippen molar-refractivity contribution >= 4 is 11.3 Å². The predicted octanol–water partition coefficient (Wildman–Crippen LogP) is 5.89. The van der Waals surface area contributed by atoms with E-state index in [1.807, 2.05) is 17.5 Å². The van der Waals surface area contributed by atoms with E-state index in [-0.39, 0.29) is 0 Å². The average molecular weight is 341 g/mol. The lowest BCUT2D eigenvalue weighted by Gasteiger charge is -2.32. The van der Waals surface area contributed by atoms with Crippen LogP contribution in [0.1, 0.15) is 74.4 Å². The van der Waals surface area contributed by atoms with Crippen LogP contribution in [0.15, 0.2) is 29.9 Å². The molecule has 128 valence electrons. The number of aromatic amines is 1. The summed E-state index contributed by atoms with van der Waals surface area (Å²) >= 11 is 1.98. The van der Waals surface area contributed by atoms with Gasteiger partial charge in [-0.05, 0) is 42.0 Å². The fourth-order valence-corrected chi connectivity index (χ4v) is 7.36. The van der Waals surface area contributed by atoms with Gasteiger partial charge >= 0.3 is 0 Å². The molecule has 3 unspecified atom stereocenters. The van der Waals surface area contributed by atoms with Crippen molar-refractivity contribution in [2.45, 2.75) is 69.1 Å². The summed E-state index contributed by atoms with van der Waals surface area (Å²) in [5, 5.41) is 2.27. The standard InChI is InChI=1S/C21H28N2S/c1-2-9-16(10-3-1)21(20-22-12-13-23-20)18(15-7-4-5-8-15)19(21)17-11-6-14-24-17/h6,11-16,18-19H,1-5,7-10H2,(H,22,23). The molecule has 2 aromatic heterocycles. The Morgan fingerprint density at radius 1 is 1.04 bits per heavy atom. The second-order valence-electron chi connectivity index (χ2n) is 8.27. The fourth-order valence-electron chi connectivity index (χ4n) is 6.40. The van der Waals surface area contributed by atoms with Crippen molar-refractivity contribution in [2.75, 3.05) is 0 Å². The summed E-state index contributed by atoms with van der Waals surface area (Å²) < 4.78 is 0. The highest BCUT2D eigenvalue weighted by Crippen LogP contribution is 2.74. The Hall–Kier alpha value is -1.09. The third-order valence-corrected chi connectivity index (χ3v) is 8.22. The van der Waals surface area contributed by atoms with Crippen LogP contribution in [0.3, 0.4) is 0 Å². The summed E-state index contributed by atoms with van der Waals surface area (Å²) in [5.74, 6) is 4.60. The Labute approximate surface area is 149 Å². The van der Waals surface area contributed by atoms with E-state index in [1.54, 1.807) is 4.88 Å². The maximum absolute atomic E-state index is 4.86. The normalized spacial score (nSPS) is 34.7. The highest BCUT2D eigenvalue weighted by Gasteiger charge is 2.72. The smallest absolute Gasteiger partial charge is 0.113 e. The van der Waals surface area contributed by atoms with Crippen molar-refractivity contribution in [1.82, 2.24) is 9.97 Å². The summed E-state index contributed by atoms with van der Waals surface area (Å²) in [7, 11) is 0. The molecule has 2 heterocycles. The minimum Gasteiger partial charge on any atom is -0.348 e. The number of thiophene rings is 1. The lowest BCUT2D eigenvalue weighted by molar-refractivity contribution is 0.245. The molecule has 3 heteroatoms. The third-order valence-electron chi connectivity index (χ3n) is 7.26. The molecule has 2 aromatic rings. The molecule has 3 aliphatic carbocycles. The molecule has 0 amide bonds.